The van der Waals surface area contributed by atoms with Gasteiger partial charge in [-0.15, -0.1) is 5.10 Å². The van der Waals surface area contributed by atoms with Gasteiger partial charge in [-0.05, 0) is 78.7 Å². The van der Waals surface area contributed by atoms with Gasteiger partial charge in [0.25, 0.3) is 5.91 Å². The molecule has 1 unspecified atom stereocenters. The van der Waals surface area contributed by atoms with E-state index >= 15 is 0 Å². The first-order valence-corrected chi connectivity index (χ1v) is 9.67. The Morgan fingerprint density at radius 1 is 1.18 bits per heavy atom. The molecule has 7 heteroatoms. The van der Waals surface area contributed by atoms with Gasteiger partial charge in [0.1, 0.15) is 6.33 Å². The molecule has 0 aliphatic carbocycles. The van der Waals surface area contributed by atoms with E-state index in [1.54, 1.807) is 16.8 Å². The molecule has 0 spiro atoms. The third-order valence-corrected chi connectivity index (χ3v) is 5.25. The quantitative estimate of drug-likeness (QED) is 0.739. The fourth-order valence-electron chi connectivity index (χ4n) is 3.62. The van der Waals surface area contributed by atoms with Crippen LogP contribution in [0, 0.1) is 0 Å². The van der Waals surface area contributed by atoms with Crippen LogP contribution < -0.4 is 5.32 Å². The molecule has 1 N–H and O–H groups in total. The van der Waals surface area contributed by atoms with Crippen molar-refractivity contribution in [3.63, 3.8) is 0 Å². The summed E-state index contributed by atoms with van der Waals surface area (Å²) < 4.78 is 1.55. The van der Waals surface area contributed by atoms with E-state index in [-0.39, 0.29) is 5.91 Å². The van der Waals surface area contributed by atoms with E-state index in [4.69, 9.17) is 0 Å². The Morgan fingerprint density at radius 2 is 2.04 bits per heavy atom. The molecule has 7 nitrogen and oxygen atoms in total. The number of hydrogen-bond donors (Lipinski definition) is 1. The molecule has 0 bridgehead atoms. The largest absolute Gasteiger partial charge is 0.322 e. The lowest BCUT2D eigenvalue weighted by molar-refractivity contribution is 0.102. The number of amides is 1. The lowest BCUT2D eigenvalue weighted by atomic mass is 10.0. The van der Waals surface area contributed by atoms with Crippen LogP contribution in [0.2, 0.25) is 0 Å². The van der Waals surface area contributed by atoms with Crippen LogP contribution in [0.5, 0.6) is 0 Å². The smallest absolute Gasteiger partial charge is 0.255 e. The van der Waals surface area contributed by atoms with Crippen molar-refractivity contribution in [2.45, 2.75) is 38.8 Å². The van der Waals surface area contributed by atoms with Crippen LogP contribution in [-0.2, 0) is 6.54 Å². The zero-order valence-electron chi connectivity index (χ0n) is 16.0. The molecular formula is C21H24N6O. The van der Waals surface area contributed by atoms with Gasteiger partial charge in [-0.2, -0.15) is 0 Å². The fraction of sp³-hybridized carbons (Fsp3) is 0.333. The zero-order chi connectivity index (χ0) is 19.3. The summed E-state index contributed by atoms with van der Waals surface area (Å²) >= 11 is 0. The first-order chi connectivity index (χ1) is 13.7. The van der Waals surface area contributed by atoms with Crippen LogP contribution >= 0.6 is 0 Å². The molecule has 2 aromatic carbocycles. The highest BCUT2D eigenvalue weighted by Crippen LogP contribution is 2.21. The summed E-state index contributed by atoms with van der Waals surface area (Å²) in [6, 6.07) is 15.9. The molecular weight excluding hydrogens is 352 g/mol. The topological polar surface area (TPSA) is 75.9 Å². The number of nitrogens with one attached hydrogen (secondary N) is 1. The van der Waals surface area contributed by atoms with Crippen molar-refractivity contribution in [3.8, 4) is 5.69 Å². The molecule has 3 aromatic rings. The number of tetrazole rings is 1. The van der Waals surface area contributed by atoms with E-state index in [9.17, 15) is 4.79 Å². The van der Waals surface area contributed by atoms with Gasteiger partial charge >= 0.3 is 0 Å². The van der Waals surface area contributed by atoms with E-state index in [2.05, 4.69) is 44.8 Å². The number of anilines is 1. The van der Waals surface area contributed by atoms with Crippen molar-refractivity contribution in [2.24, 2.45) is 0 Å². The summed E-state index contributed by atoms with van der Waals surface area (Å²) in [5.41, 5.74) is 3.43. The van der Waals surface area contributed by atoms with Crippen LogP contribution in [0.1, 0.15) is 42.1 Å². The summed E-state index contributed by atoms with van der Waals surface area (Å²) in [7, 11) is 0. The molecule has 0 saturated carbocycles. The first-order valence-electron chi connectivity index (χ1n) is 9.67. The minimum Gasteiger partial charge on any atom is -0.322 e. The van der Waals surface area contributed by atoms with Gasteiger partial charge in [0.05, 0.1) is 5.69 Å². The Bertz CT molecular complexity index is 922. The number of likely N-dealkylation sites (tertiary alicyclic amines) is 1. The van der Waals surface area contributed by atoms with E-state index in [1.807, 2.05) is 24.3 Å². The van der Waals surface area contributed by atoms with Crippen LogP contribution in [0.3, 0.4) is 0 Å². The SMILES string of the molecule is CC1CCCCN1Cc1cccc(NC(=O)c2ccc(-n3cnnn3)cc2)c1. The Labute approximate surface area is 164 Å². The van der Waals surface area contributed by atoms with Crippen molar-refractivity contribution >= 4 is 11.6 Å². The average Bonchev–Trinajstić information content (AvgIpc) is 3.25. The predicted octanol–water partition coefficient (Wildman–Crippen LogP) is 3.29. The molecule has 2 heterocycles. The lowest BCUT2D eigenvalue weighted by Gasteiger charge is -2.33. The maximum absolute atomic E-state index is 12.6. The molecule has 0 radical (unpaired) electrons. The van der Waals surface area contributed by atoms with Gasteiger partial charge in [-0.3, -0.25) is 9.69 Å². The lowest BCUT2D eigenvalue weighted by Crippen LogP contribution is -2.36. The molecule has 1 saturated heterocycles. The Morgan fingerprint density at radius 3 is 2.79 bits per heavy atom. The summed E-state index contributed by atoms with van der Waals surface area (Å²) in [6.45, 7) is 4.36. The summed E-state index contributed by atoms with van der Waals surface area (Å²) in [6.07, 6.45) is 5.36. The summed E-state index contributed by atoms with van der Waals surface area (Å²) in [5.74, 6) is -0.133. The average molecular weight is 376 g/mol. The highest BCUT2D eigenvalue weighted by molar-refractivity contribution is 6.04. The molecule has 1 fully saturated rings. The highest BCUT2D eigenvalue weighted by atomic mass is 16.1. The van der Waals surface area contributed by atoms with E-state index in [0.29, 0.717) is 11.6 Å². The number of benzene rings is 2. The second kappa shape index (κ2) is 8.31. The molecule has 4 rings (SSSR count). The number of hydrogen-bond acceptors (Lipinski definition) is 5. The molecule has 1 aliphatic rings. The first kappa shape index (κ1) is 18.3. The van der Waals surface area contributed by atoms with Gasteiger partial charge in [0.15, 0.2) is 0 Å². The maximum atomic E-state index is 12.6. The Hall–Kier alpha value is -3.06. The minimum absolute atomic E-state index is 0.133. The van der Waals surface area contributed by atoms with Gasteiger partial charge in [0, 0.05) is 23.8 Å². The predicted molar refractivity (Wildman–Crippen MR) is 107 cm³/mol. The van der Waals surface area contributed by atoms with Gasteiger partial charge < -0.3 is 5.32 Å². The van der Waals surface area contributed by atoms with E-state index < -0.39 is 0 Å². The van der Waals surface area contributed by atoms with Crippen molar-refractivity contribution in [1.29, 1.82) is 0 Å². The number of carbonyl (C=O) groups excluding carboxylic acids is 1. The van der Waals surface area contributed by atoms with Gasteiger partial charge in [-0.25, -0.2) is 4.68 Å². The highest BCUT2D eigenvalue weighted by Gasteiger charge is 2.18. The number of aromatic nitrogens is 4. The summed E-state index contributed by atoms with van der Waals surface area (Å²) in [4.78, 5) is 15.1. The molecule has 1 aromatic heterocycles. The van der Waals surface area contributed by atoms with Crippen molar-refractivity contribution in [3.05, 3.63) is 66.0 Å². The van der Waals surface area contributed by atoms with Crippen molar-refractivity contribution in [1.82, 2.24) is 25.1 Å². The molecule has 144 valence electrons. The summed E-state index contributed by atoms with van der Waals surface area (Å²) in [5, 5.41) is 14.1. The van der Waals surface area contributed by atoms with E-state index in [1.165, 1.54) is 31.2 Å². The Kier molecular flexibility index (Phi) is 5.43. The van der Waals surface area contributed by atoms with Gasteiger partial charge in [0.2, 0.25) is 0 Å². The third kappa shape index (κ3) is 4.26. The second-order valence-corrected chi connectivity index (χ2v) is 7.27. The maximum Gasteiger partial charge on any atom is 0.255 e. The number of carbonyl (C=O) groups is 1. The van der Waals surface area contributed by atoms with Gasteiger partial charge in [-0.1, -0.05) is 18.6 Å². The minimum atomic E-state index is -0.133. The number of piperidine rings is 1. The van der Waals surface area contributed by atoms with Crippen molar-refractivity contribution < 1.29 is 4.79 Å². The molecule has 1 amide bonds. The molecule has 1 atom stereocenters. The molecule has 28 heavy (non-hydrogen) atoms. The fourth-order valence-corrected chi connectivity index (χ4v) is 3.62. The third-order valence-electron chi connectivity index (χ3n) is 5.25. The van der Waals surface area contributed by atoms with Crippen LogP contribution in [-0.4, -0.2) is 43.6 Å². The van der Waals surface area contributed by atoms with Crippen LogP contribution in [0.15, 0.2) is 54.9 Å². The second-order valence-electron chi connectivity index (χ2n) is 7.27. The van der Waals surface area contributed by atoms with Crippen molar-refractivity contribution in [2.75, 3.05) is 11.9 Å². The number of nitrogens with zero attached hydrogens (tertiary/aromatic N) is 5. The molecule has 1 aliphatic heterocycles. The van der Waals surface area contributed by atoms with E-state index in [0.717, 1.165) is 24.5 Å². The zero-order valence-corrected chi connectivity index (χ0v) is 16.0. The van der Waals surface area contributed by atoms with Crippen LogP contribution in [0.25, 0.3) is 5.69 Å². The Balaban J connectivity index is 1.41. The van der Waals surface area contributed by atoms with Crippen LogP contribution in [0.4, 0.5) is 5.69 Å². The standard InChI is InChI=1S/C21H24N6O/c1-16-5-2-3-12-26(16)14-17-6-4-7-19(13-17)23-21(28)18-8-10-20(11-9-18)27-15-22-24-25-27/h4,6-11,13,15-16H,2-3,5,12,14H2,1H3,(H,23,28). The normalized spacial score (nSPS) is 17.4. The number of rotatable bonds is 5. The monoisotopic (exact) mass is 376 g/mol.